The second-order valence-electron chi connectivity index (χ2n) is 10.1. The zero-order valence-electron chi connectivity index (χ0n) is 21.8. The van der Waals surface area contributed by atoms with Gasteiger partial charge in [-0.2, -0.15) is 0 Å². The van der Waals surface area contributed by atoms with Crippen LogP contribution in [0.3, 0.4) is 0 Å². The normalized spacial score (nSPS) is 20.0. The molecule has 2 nitrogen and oxygen atoms in total. The molecule has 0 bridgehead atoms. The van der Waals surface area contributed by atoms with Crippen molar-refractivity contribution in [2.75, 3.05) is 0 Å². The van der Waals surface area contributed by atoms with Crippen LogP contribution < -0.4 is 0 Å². The molecule has 3 fully saturated rings. The summed E-state index contributed by atoms with van der Waals surface area (Å²) in [6.45, 7) is 16.7. The Morgan fingerprint density at radius 3 is 1.32 bits per heavy atom. The smallest absolute Gasteiger partial charge is 0.158 e. The van der Waals surface area contributed by atoms with E-state index in [9.17, 15) is 4.79 Å². The summed E-state index contributed by atoms with van der Waals surface area (Å²) in [4.78, 5) is 11.1. The van der Waals surface area contributed by atoms with Crippen LogP contribution in [-0.2, 0) is 4.79 Å². The monoisotopic (exact) mass is 434 g/mol. The van der Waals surface area contributed by atoms with Crippen LogP contribution in [0.1, 0.15) is 125 Å². The Kier molecular flexibility index (Phi) is 17.9. The van der Waals surface area contributed by atoms with E-state index in [1.807, 2.05) is 13.8 Å². The van der Waals surface area contributed by atoms with Crippen LogP contribution >= 0.6 is 0 Å². The Labute approximate surface area is 195 Å². The van der Waals surface area contributed by atoms with Crippen molar-refractivity contribution in [3.8, 4) is 0 Å². The summed E-state index contributed by atoms with van der Waals surface area (Å²) in [6.07, 6.45) is 20.8. The second-order valence-corrected chi connectivity index (χ2v) is 10.1. The first-order valence-corrected chi connectivity index (χ1v) is 13.4. The average Bonchev–Trinajstić information content (AvgIpc) is 2.74. The minimum absolute atomic E-state index is 0.0577. The highest BCUT2D eigenvalue weighted by Gasteiger charge is 2.22. The molecule has 0 aromatic carbocycles. The molecule has 3 aliphatic carbocycles. The number of hydrogen-bond acceptors (Lipinski definition) is 2. The zero-order chi connectivity index (χ0) is 23.6. The van der Waals surface area contributed by atoms with Crippen molar-refractivity contribution in [1.82, 2.24) is 0 Å². The number of rotatable bonds is 5. The van der Waals surface area contributed by atoms with E-state index in [2.05, 4.69) is 34.3 Å². The summed E-state index contributed by atoms with van der Waals surface area (Å²) < 4.78 is 0. The molecule has 0 amide bonds. The Bertz CT molecular complexity index is 451. The largest absolute Gasteiger partial charge is 0.509 e. The van der Waals surface area contributed by atoms with Crippen LogP contribution in [0.5, 0.6) is 0 Å². The van der Waals surface area contributed by atoms with Crippen molar-refractivity contribution in [1.29, 1.82) is 0 Å². The zero-order valence-corrected chi connectivity index (χ0v) is 21.8. The van der Waals surface area contributed by atoms with Gasteiger partial charge in [0.05, 0.1) is 0 Å². The Morgan fingerprint density at radius 1 is 0.710 bits per heavy atom. The molecule has 0 spiro atoms. The maximum atomic E-state index is 11.1. The van der Waals surface area contributed by atoms with Gasteiger partial charge < -0.3 is 5.11 Å². The van der Waals surface area contributed by atoms with E-state index < -0.39 is 0 Å². The molecule has 2 heteroatoms. The summed E-state index contributed by atoms with van der Waals surface area (Å²) in [6, 6.07) is 0. The third-order valence-electron chi connectivity index (χ3n) is 7.13. The number of carbonyl (C=O) groups excluding carboxylic acids is 1. The van der Waals surface area contributed by atoms with Crippen molar-refractivity contribution in [3.63, 3.8) is 0 Å². The molecule has 31 heavy (non-hydrogen) atoms. The van der Waals surface area contributed by atoms with Crippen LogP contribution in [-0.4, -0.2) is 10.9 Å². The number of aliphatic hydroxyl groups is 1. The SMILES string of the molecule is C=C(O)/C=C/C(=O)C1CCC1.CC.CC(C)C1CCCCC1.CC(C)C1CCCCC1. The molecule has 3 rings (SSSR count). The lowest BCUT2D eigenvalue weighted by Gasteiger charge is -2.24. The van der Waals surface area contributed by atoms with E-state index in [1.165, 1.54) is 76.4 Å². The van der Waals surface area contributed by atoms with Gasteiger partial charge in [0.2, 0.25) is 0 Å². The molecule has 0 atom stereocenters. The molecule has 0 heterocycles. The molecule has 1 N–H and O–H groups in total. The van der Waals surface area contributed by atoms with Gasteiger partial charge in [0, 0.05) is 5.92 Å². The Morgan fingerprint density at radius 2 is 1.10 bits per heavy atom. The van der Waals surface area contributed by atoms with Gasteiger partial charge in [-0.05, 0) is 48.7 Å². The van der Waals surface area contributed by atoms with Gasteiger partial charge in [-0.1, -0.05) is 119 Å². The second kappa shape index (κ2) is 18.5. The number of allylic oxidation sites excluding steroid dienone is 2. The highest BCUT2D eigenvalue weighted by molar-refractivity contribution is 5.92. The van der Waals surface area contributed by atoms with Gasteiger partial charge in [-0.15, -0.1) is 0 Å². The topological polar surface area (TPSA) is 37.3 Å². The first-order chi connectivity index (χ1) is 14.8. The molecule has 0 aliphatic heterocycles. The van der Waals surface area contributed by atoms with E-state index in [4.69, 9.17) is 5.11 Å². The van der Waals surface area contributed by atoms with Crippen LogP contribution in [0.15, 0.2) is 24.5 Å². The van der Waals surface area contributed by atoms with E-state index in [0.717, 1.165) is 42.9 Å². The molecular weight excluding hydrogens is 380 g/mol. The number of aliphatic hydroxyl groups excluding tert-OH is 1. The van der Waals surface area contributed by atoms with Gasteiger partial charge in [-0.25, -0.2) is 0 Å². The predicted octanol–water partition coefficient (Wildman–Crippen LogP) is 9.46. The average molecular weight is 435 g/mol. The maximum absolute atomic E-state index is 11.1. The maximum Gasteiger partial charge on any atom is 0.158 e. The van der Waals surface area contributed by atoms with E-state index >= 15 is 0 Å². The number of carbonyl (C=O) groups is 1. The van der Waals surface area contributed by atoms with Crippen LogP contribution in [0.2, 0.25) is 0 Å². The third kappa shape index (κ3) is 14.6. The molecule has 0 saturated heterocycles. The molecule has 3 saturated carbocycles. The minimum atomic E-state index is -0.0577. The van der Waals surface area contributed by atoms with Gasteiger partial charge in [0.25, 0.3) is 0 Å². The lowest BCUT2D eigenvalue weighted by Crippen LogP contribution is -2.19. The van der Waals surface area contributed by atoms with Gasteiger partial charge >= 0.3 is 0 Å². The van der Waals surface area contributed by atoms with Crippen LogP contribution in [0.4, 0.5) is 0 Å². The van der Waals surface area contributed by atoms with Gasteiger partial charge in [-0.3, -0.25) is 4.79 Å². The van der Waals surface area contributed by atoms with Crippen LogP contribution in [0.25, 0.3) is 0 Å². The molecule has 182 valence electrons. The molecule has 3 aliphatic rings. The molecule has 0 aromatic heterocycles. The van der Waals surface area contributed by atoms with Gasteiger partial charge in [0.1, 0.15) is 5.76 Å². The van der Waals surface area contributed by atoms with Gasteiger partial charge in [0.15, 0.2) is 5.78 Å². The van der Waals surface area contributed by atoms with Crippen molar-refractivity contribution in [2.24, 2.45) is 29.6 Å². The highest BCUT2D eigenvalue weighted by Crippen LogP contribution is 2.30. The molecular formula is C29H54O2. The fraction of sp³-hybridized carbons (Fsp3) is 0.828. The quantitative estimate of drug-likeness (QED) is 0.266. The van der Waals surface area contributed by atoms with E-state index in [0.29, 0.717) is 0 Å². The fourth-order valence-electron chi connectivity index (χ4n) is 4.61. The number of ketones is 1. The third-order valence-corrected chi connectivity index (χ3v) is 7.13. The Hall–Kier alpha value is -1.05. The first kappa shape index (κ1) is 29.9. The lowest BCUT2D eigenvalue weighted by atomic mass is 9.82. The van der Waals surface area contributed by atoms with Crippen molar-refractivity contribution < 1.29 is 9.90 Å². The molecule has 0 unspecified atom stereocenters. The van der Waals surface area contributed by atoms with Crippen molar-refractivity contribution in [3.05, 3.63) is 24.5 Å². The predicted molar refractivity (Wildman–Crippen MR) is 137 cm³/mol. The fourth-order valence-corrected chi connectivity index (χ4v) is 4.61. The standard InChI is InChI=1S/C9H12O2.2C9H18.C2H6/c1-7(10)5-6-9(11)8-3-2-4-8;2*1-8(2)9-6-4-3-5-7-9;1-2/h5-6,8,10H,1-4H2;2*8-9H,3-7H2,1-2H3;1-2H3/b6-5+;;;. The summed E-state index contributed by atoms with van der Waals surface area (Å²) in [5.41, 5.74) is 0. The Balaban J connectivity index is 0.000000421. The van der Waals surface area contributed by atoms with Crippen LogP contribution in [0, 0.1) is 29.6 Å². The van der Waals surface area contributed by atoms with Crippen molar-refractivity contribution >= 4 is 5.78 Å². The minimum Gasteiger partial charge on any atom is -0.509 e. The van der Waals surface area contributed by atoms with E-state index in [-0.39, 0.29) is 17.5 Å². The highest BCUT2D eigenvalue weighted by atomic mass is 16.3. The molecule has 0 radical (unpaired) electrons. The summed E-state index contributed by atoms with van der Waals surface area (Å²) >= 11 is 0. The van der Waals surface area contributed by atoms with Crippen molar-refractivity contribution in [2.45, 2.75) is 125 Å². The summed E-state index contributed by atoms with van der Waals surface area (Å²) in [5, 5.41) is 8.64. The first-order valence-electron chi connectivity index (χ1n) is 13.4. The summed E-state index contributed by atoms with van der Waals surface area (Å²) in [5.74, 6) is 4.25. The van der Waals surface area contributed by atoms with E-state index in [1.54, 1.807) is 0 Å². The number of hydrogen-bond donors (Lipinski definition) is 1. The lowest BCUT2D eigenvalue weighted by molar-refractivity contribution is -0.120. The summed E-state index contributed by atoms with van der Waals surface area (Å²) in [7, 11) is 0. The molecule has 0 aromatic rings.